The summed E-state index contributed by atoms with van der Waals surface area (Å²) in [5, 5.41) is 7.91. The monoisotopic (exact) mass is 446 g/mol. The molecule has 0 aliphatic carbocycles. The lowest BCUT2D eigenvalue weighted by Crippen LogP contribution is -2.41. The van der Waals surface area contributed by atoms with Crippen LogP contribution in [0, 0.1) is 0 Å². The summed E-state index contributed by atoms with van der Waals surface area (Å²) in [6.07, 6.45) is 1.18. The number of alkyl carbamates (subject to hydrolysis) is 1. The Morgan fingerprint density at radius 2 is 1.94 bits per heavy atom. The number of likely N-dealkylation sites (tertiary alicyclic amines) is 1. The van der Waals surface area contributed by atoms with Crippen LogP contribution in [0.5, 0.6) is 0 Å². The summed E-state index contributed by atoms with van der Waals surface area (Å²) in [6.45, 7) is 10.4. The normalized spacial score (nSPS) is 16.1. The number of nitrogens with zero attached hydrogens (tertiary/aromatic N) is 2. The van der Waals surface area contributed by atoms with E-state index in [1.165, 1.54) is 0 Å². The molecule has 1 aromatic carbocycles. The summed E-state index contributed by atoms with van der Waals surface area (Å²) in [4.78, 5) is 30.6. The number of carbonyl (C=O) groups is 2. The molecule has 0 saturated carbocycles. The van der Waals surface area contributed by atoms with Crippen molar-refractivity contribution in [1.82, 2.24) is 15.2 Å². The fraction of sp³-hybridized carbons (Fsp3) is 0.522. The van der Waals surface area contributed by atoms with Gasteiger partial charge in [-0.2, -0.15) is 0 Å². The number of anilines is 1. The number of pyridine rings is 1. The summed E-state index contributed by atoms with van der Waals surface area (Å²) in [5.41, 5.74) is 0.987. The van der Waals surface area contributed by atoms with Crippen LogP contribution < -0.4 is 10.6 Å². The van der Waals surface area contributed by atoms with Crippen LogP contribution in [-0.2, 0) is 9.53 Å². The molecule has 1 unspecified atom stereocenters. The molecule has 2 heterocycles. The molecule has 0 spiro atoms. The second-order valence-electron chi connectivity index (χ2n) is 9.03. The van der Waals surface area contributed by atoms with Crippen LogP contribution in [0.1, 0.15) is 59.1 Å². The van der Waals surface area contributed by atoms with Gasteiger partial charge in [0.1, 0.15) is 11.4 Å². The molecule has 1 aromatic heterocycles. The molecule has 8 heteroatoms. The van der Waals surface area contributed by atoms with Crippen molar-refractivity contribution in [3.05, 3.63) is 34.9 Å². The SMILES string of the molecule is CC(=O)N1CCC(Nc2nc3c(Cl)cccc3cc2C(C)NC(=O)OC(C)(C)C)CC1. The molecule has 3 rings (SSSR count). The van der Waals surface area contributed by atoms with E-state index in [1.807, 2.05) is 56.9 Å². The highest BCUT2D eigenvalue weighted by Crippen LogP contribution is 2.31. The minimum absolute atomic E-state index is 0.102. The van der Waals surface area contributed by atoms with Crippen molar-refractivity contribution in [2.45, 2.75) is 65.1 Å². The molecular weight excluding hydrogens is 416 g/mol. The lowest BCUT2D eigenvalue weighted by atomic mass is 10.0. The maximum Gasteiger partial charge on any atom is 0.408 e. The Bertz CT molecular complexity index is 965. The van der Waals surface area contributed by atoms with Gasteiger partial charge in [-0.15, -0.1) is 0 Å². The third-order valence-electron chi connectivity index (χ3n) is 5.31. The van der Waals surface area contributed by atoms with Gasteiger partial charge in [0.2, 0.25) is 5.91 Å². The van der Waals surface area contributed by atoms with Crippen LogP contribution >= 0.6 is 11.6 Å². The molecule has 168 valence electrons. The van der Waals surface area contributed by atoms with Crippen LogP contribution in [0.4, 0.5) is 10.6 Å². The predicted molar refractivity (Wildman–Crippen MR) is 123 cm³/mol. The molecule has 2 N–H and O–H groups in total. The van der Waals surface area contributed by atoms with Crippen LogP contribution in [0.15, 0.2) is 24.3 Å². The predicted octanol–water partition coefficient (Wildman–Crippen LogP) is 4.90. The zero-order valence-electron chi connectivity index (χ0n) is 18.8. The molecule has 1 aliphatic heterocycles. The maximum atomic E-state index is 12.3. The van der Waals surface area contributed by atoms with Gasteiger partial charge in [0, 0.05) is 37.0 Å². The van der Waals surface area contributed by atoms with Crippen molar-refractivity contribution < 1.29 is 14.3 Å². The average Bonchev–Trinajstić information content (AvgIpc) is 2.67. The molecule has 0 radical (unpaired) electrons. The van der Waals surface area contributed by atoms with Crippen molar-refractivity contribution in [3.8, 4) is 0 Å². The smallest absolute Gasteiger partial charge is 0.408 e. The Labute approximate surface area is 188 Å². The standard InChI is InChI=1S/C23H31ClN4O3/c1-14(25-22(30)31-23(3,4)5)18-13-16-7-6-8-19(24)20(16)27-21(18)26-17-9-11-28(12-10-17)15(2)29/h6-8,13-14,17H,9-12H2,1-5H3,(H,25,30)(H,26,27). The summed E-state index contributed by atoms with van der Waals surface area (Å²) in [5.74, 6) is 0.787. The number of hydrogen-bond donors (Lipinski definition) is 2. The number of fused-ring (bicyclic) bond motifs is 1. The van der Waals surface area contributed by atoms with Gasteiger partial charge in [0.15, 0.2) is 0 Å². The number of halogens is 1. The third-order valence-corrected chi connectivity index (χ3v) is 5.61. The number of hydrogen-bond acceptors (Lipinski definition) is 5. The number of amides is 2. The van der Waals surface area contributed by atoms with E-state index in [0.29, 0.717) is 29.4 Å². The lowest BCUT2D eigenvalue weighted by Gasteiger charge is -2.32. The highest BCUT2D eigenvalue weighted by Gasteiger charge is 2.25. The van der Waals surface area contributed by atoms with Gasteiger partial charge in [-0.3, -0.25) is 4.79 Å². The Morgan fingerprint density at radius 1 is 1.26 bits per heavy atom. The number of ether oxygens (including phenoxy) is 1. The quantitative estimate of drug-likeness (QED) is 0.698. The molecular formula is C23H31ClN4O3. The molecule has 31 heavy (non-hydrogen) atoms. The van der Waals surface area contributed by atoms with E-state index < -0.39 is 11.7 Å². The van der Waals surface area contributed by atoms with Gasteiger partial charge >= 0.3 is 6.09 Å². The van der Waals surface area contributed by atoms with E-state index in [1.54, 1.807) is 6.92 Å². The Balaban J connectivity index is 1.86. The number of piperidine rings is 1. The number of para-hydroxylation sites is 1. The van der Waals surface area contributed by atoms with Gasteiger partial charge in [-0.1, -0.05) is 23.7 Å². The van der Waals surface area contributed by atoms with Crippen LogP contribution in [0.25, 0.3) is 10.9 Å². The van der Waals surface area contributed by atoms with E-state index in [-0.39, 0.29) is 18.0 Å². The highest BCUT2D eigenvalue weighted by atomic mass is 35.5. The second kappa shape index (κ2) is 9.30. The summed E-state index contributed by atoms with van der Waals surface area (Å²) >= 11 is 6.39. The van der Waals surface area contributed by atoms with Crippen molar-refractivity contribution in [3.63, 3.8) is 0 Å². The third kappa shape index (κ3) is 6.00. The fourth-order valence-electron chi connectivity index (χ4n) is 3.72. The Hall–Kier alpha value is -2.54. The molecule has 2 aromatic rings. The second-order valence-corrected chi connectivity index (χ2v) is 9.44. The molecule has 1 fully saturated rings. The first-order valence-corrected chi connectivity index (χ1v) is 11.0. The van der Waals surface area contributed by atoms with E-state index in [2.05, 4.69) is 10.6 Å². The van der Waals surface area contributed by atoms with Crippen molar-refractivity contribution in [2.75, 3.05) is 18.4 Å². The van der Waals surface area contributed by atoms with Crippen molar-refractivity contribution >= 4 is 40.3 Å². The zero-order valence-corrected chi connectivity index (χ0v) is 19.5. The largest absolute Gasteiger partial charge is 0.444 e. The molecule has 1 atom stereocenters. The van der Waals surface area contributed by atoms with E-state index in [9.17, 15) is 9.59 Å². The summed E-state index contributed by atoms with van der Waals surface area (Å²) in [6, 6.07) is 7.50. The number of carbonyl (C=O) groups excluding carboxylic acids is 2. The average molecular weight is 447 g/mol. The molecule has 2 amide bonds. The molecule has 1 aliphatic rings. The summed E-state index contributed by atoms with van der Waals surface area (Å²) in [7, 11) is 0. The van der Waals surface area contributed by atoms with Crippen LogP contribution in [0.2, 0.25) is 5.02 Å². The maximum absolute atomic E-state index is 12.3. The van der Waals surface area contributed by atoms with Crippen LogP contribution in [0.3, 0.4) is 0 Å². The first-order valence-electron chi connectivity index (χ1n) is 10.6. The van der Waals surface area contributed by atoms with E-state index >= 15 is 0 Å². The number of nitrogens with one attached hydrogen (secondary N) is 2. The van der Waals surface area contributed by atoms with Crippen molar-refractivity contribution in [2.24, 2.45) is 0 Å². The van der Waals surface area contributed by atoms with Gasteiger partial charge < -0.3 is 20.3 Å². The van der Waals surface area contributed by atoms with Crippen molar-refractivity contribution in [1.29, 1.82) is 0 Å². The first-order chi connectivity index (χ1) is 14.5. The number of benzene rings is 1. The number of rotatable bonds is 4. The minimum atomic E-state index is -0.579. The zero-order chi connectivity index (χ0) is 22.8. The lowest BCUT2D eigenvalue weighted by molar-refractivity contribution is -0.129. The van der Waals surface area contributed by atoms with Crippen LogP contribution in [-0.4, -0.2) is 46.6 Å². The fourth-order valence-corrected chi connectivity index (χ4v) is 3.94. The van der Waals surface area contributed by atoms with Gasteiger partial charge in [-0.25, -0.2) is 9.78 Å². The highest BCUT2D eigenvalue weighted by molar-refractivity contribution is 6.35. The molecule has 0 bridgehead atoms. The molecule has 1 saturated heterocycles. The Kier molecular flexibility index (Phi) is 6.94. The number of aromatic nitrogens is 1. The molecule has 7 nitrogen and oxygen atoms in total. The van der Waals surface area contributed by atoms with Gasteiger partial charge in [-0.05, 0) is 52.7 Å². The van der Waals surface area contributed by atoms with E-state index in [0.717, 1.165) is 23.8 Å². The summed E-state index contributed by atoms with van der Waals surface area (Å²) < 4.78 is 5.41. The van der Waals surface area contributed by atoms with Gasteiger partial charge in [0.05, 0.1) is 16.6 Å². The van der Waals surface area contributed by atoms with Gasteiger partial charge in [0.25, 0.3) is 0 Å². The first kappa shape index (κ1) is 23.1. The van der Waals surface area contributed by atoms with E-state index in [4.69, 9.17) is 21.3 Å². The minimum Gasteiger partial charge on any atom is -0.444 e. The topological polar surface area (TPSA) is 83.6 Å². The Morgan fingerprint density at radius 3 is 2.55 bits per heavy atom.